The molecule has 1 rings (SSSR count). The highest BCUT2D eigenvalue weighted by Gasteiger charge is 1.99. The maximum absolute atomic E-state index is 10.8. The highest BCUT2D eigenvalue weighted by atomic mass is 35.5. The molecule has 0 aliphatic rings. The lowest BCUT2D eigenvalue weighted by Gasteiger charge is -2.02. The summed E-state index contributed by atoms with van der Waals surface area (Å²) in [7, 11) is 0. The summed E-state index contributed by atoms with van der Waals surface area (Å²) in [6.45, 7) is 3.33. The Morgan fingerprint density at radius 3 is 2.75 bits per heavy atom. The Hall–Kier alpha value is -1.28. The van der Waals surface area contributed by atoms with E-state index in [0.717, 1.165) is 0 Å². The first kappa shape index (κ1) is 8.81. The van der Waals surface area contributed by atoms with Gasteiger partial charge in [0.1, 0.15) is 0 Å². The van der Waals surface area contributed by atoms with Crippen molar-refractivity contribution in [3.8, 4) is 0 Å². The number of rotatable bonds is 2. The number of hydrogen-bond donors (Lipinski definition) is 1. The zero-order valence-corrected chi connectivity index (χ0v) is 7.14. The molecule has 0 heterocycles. The molecule has 0 atom stereocenters. The van der Waals surface area contributed by atoms with Crippen LogP contribution in [0.2, 0.25) is 5.02 Å². The molecule has 1 N–H and O–H groups in total. The summed E-state index contributed by atoms with van der Waals surface area (Å²) in [5.41, 5.74) is 0.601. The third-order valence-electron chi connectivity index (χ3n) is 1.32. The molecular formula is C9H8ClNO. The minimum atomic E-state index is -0.261. The number of halogens is 1. The molecule has 1 amide bonds. The van der Waals surface area contributed by atoms with Crippen molar-refractivity contribution in [3.05, 3.63) is 41.9 Å². The molecule has 1 aromatic rings. The fraction of sp³-hybridized carbons (Fsp3) is 0. The second-order valence-electron chi connectivity index (χ2n) is 2.17. The first-order chi connectivity index (χ1) is 5.74. The van der Waals surface area contributed by atoms with Crippen LogP contribution < -0.4 is 5.32 Å². The normalized spacial score (nSPS) is 9.08. The maximum Gasteiger partial charge on any atom is 0.247 e. The van der Waals surface area contributed by atoms with E-state index in [4.69, 9.17) is 11.6 Å². The summed E-state index contributed by atoms with van der Waals surface area (Å²) in [4.78, 5) is 10.8. The van der Waals surface area contributed by atoms with Gasteiger partial charge in [-0.15, -0.1) is 0 Å². The van der Waals surface area contributed by atoms with Gasteiger partial charge in [0, 0.05) is 0 Å². The number of hydrogen-bond acceptors (Lipinski definition) is 1. The SMILES string of the molecule is C=CC(=O)Nc1ccccc1Cl. The lowest BCUT2D eigenvalue weighted by Crippen LogP contribution is -2.07. The second-order valence-corrected chi connectivity index (χ2v) is 2.58. The van der Waals surface area contributed by atoms with Crippen molar-refractivity contribution >= 4 is 23.2 Å². The third kappa shape index (κ3) is 2.10. The predicted molar refractivity (Wildman–Crippen MR) is 50.3 cm³/mol. The van der Waals surface area contributed by atoms with E-state index in [0.29, 0.717) is 10.7 Å². The molecule has 62 valence electrons. The minimum absolute atomic E-state index is 0.261. The van der Waals surface area contributed by atoms with E-state index >= 15 is 0 Å². The van der Waals surface area contributed by atoms with Crippen LogP contribution in [0.3, 0.4) is 0 Å². The van der Waals surface area contributed by atoms with Crippen molar-refractivity contribution in [2.24, 2.45) is 0 Å². The molecule has 1 aromatic carbocycles. The summed E-state index contributed by atoms with van der Waals surface area (Å²) in [6.07, 6.45) is 1.20. The average Bonchev–Trinajstić information content (AvgIpc) is 2.09. The molecule has 0 saturated carbocycles. The molecular weight excluding hydrogens is 174 g/mol. The Kier molecular flexibility index (Phi) is 2.88. The van der Waals surface area contributed by atoms with Gasteiger partial charge in [0.15, 0.2) is 0 Å². The Balaban J connectivity index is 2.82. The number of benzene rings is 1. The monoisotopic (exact) mass is 181 g/mol. The molecule has 0 aromatic heterocycles. The van der Waals surface area contributed by atoms with Gasteiger partial charge in [0.05, 0.1) is 10.7 Å². The lowest BCUT2D eigenvalue weighted by atomic mass is 10.3. The zero-order chi connectivity index (χ0) is 8.97. The summed E-state index contributed by atoms with van der Waals surface area (Å²) in [5, 5.41) is 3.09. The molecule has 0 bridgehead atoms. The highest BCUT2D eigenvalue weighted by Crippen LogP contribution is 2.19. The van der Waals surface area contributed by atoms with Gasteiger partial charge in [-0.2, -0.15) is 0 Å². The molecule has 0 aliphatic heterocycles. The van der Waals surface area contributed by atoms with Gasteiger partial charge in [-0.05, 0) is 18.2 Å². The summed E-state index contributed by atoms with van der Waals surface area (Å²) in [5.74, 6) is -0.261. The Labute approximate surface area is 75.9 Å². The van der Waals surface area contributed by atoms with E-state index in [1.165, 1.54) is 6.08 Å². The first-order valence-corrected chi connectivity index (χ1v) is 3.80. The molecule has 0 unspecified atom stereocenters. The van der Waals surface area contributed by atoms with Crippen molar-refractivity contribution in [2.45, 2.75) is 0 Å². The topological polar surface area (TPSA) is 29.1 Å². The van der Waals surface area contributed by atoms with Crippen LogP contribution >= 0.6 is 11.6 Å². The quantitative estimate of drug-likeness (QED) is 0.698. The Morgan fingerprint density at radius 1 is 1.50 bits per heavy atom. The molecule has 12 heavy (non-hydrogen) atoms. The van der Waals surface area contributed by atoms with Crippen LogP contribution in [0, 0.1) is 0 Å². The molecule has 0 fully saturated rings. The predicted octanol–water partition coefficient (Wildman–Crippen LogP) is 2.46. The van der Waals surface area contributed by atoms with E-state index in [1.807, 2.05) is 0 Å². The fourth-order valence-corrected chi connectivity index (χ4v) is 0.929. The Bertz CT molecular complexity index is 309. The van der Waals surface area contributed by atoms with E-state index in [-0.39, 0.29) is 5.91 Å². The van der Waals surface area contributed by atoms with Crippen LogP contribution in [0.1, 0.15) is 0 Å². The fourth-order valence-electron chi connectivity index (χ4n) is 0.746. The number of anilines is 1. The van der Waals surface area contributed by atoms with Crippen LogP contribution in [0.15, 0.2) is 36.9 Å². The number of nitrogens with one attached hydrogen (secondary N) is 1. The zero-order valence-electron chi connectivity index (χ0n) is 6.38. The summed E-state index contributed by atoms with van der Waals surface area (Å²) >= 11 is 5.78. The lowest BCUT2D eigenvalue weighted by molar-refractivity contribution is -0.111. The molecule has 0 spiro atoms. The second kappa shape index (κ2) is 3.93. The van der Waals surface area contributed by atoms with E-state index in [2.05, 4.69) is 11.9 Å². The molecule has 2 nitrogen and oxygen atoms in total. The van der Waals surface area contributed by atoms with Crippen molar-refractivity contribution < 1.29 is 4.79 Å². The third-order valence-corrected chi connectivity index (χ3v) is 1.65. The smallest absolute Gasteiger partial charge is 0.247 e. The standard InChI is InChI=1S/C9H8ClNO/c1-2-9(12)11-8-6-4-3-5-7(8)10/h2-6H,1H2,(H,11,12). The van der Waals surface area contributed by atoms with Gasteiger partial charge in [0.2, 0.25) is 5.91 Å². The highest BCUT2D eigenvalue weighted by molar-refractivity contribution is 6.33. The van der Waals surface area contributed by atoms with E-state index < -0.39 is 0 Å². The van der Waals surface area contributed by atoms with Crippen LogP contribution in [0.25, 0.3) is 0 Å². The van der Waals surface area contributed by atoms with E-state index in [1.54, 1.807) is 24.3 Å². The van der Waals surface area contributed by atoms with Crippen LogP contribution in [-0.2, 0) is 4.79 Å². The number of carbonyl (C=O) groups excluding carboxylic acids is 1. The van der Waals surface area contributed by atoms with Crippen LogP contribution in [0.4, 0.5) is 5.69 Å². The van der Waals surface area contributed by atoms with Crippen molar-refractivity contribution in [1.82, 2.24) is 0 Å². The minimum Gasteiger partial charge on any atom is -0.321 e. The Morgan fingerprint density at radius 2 is 2.17 bits per heavy atom. The molecule has 3 heteroatoms. The van der Waals surface area contributed by atoms with Crippen molar-refractivity contribution in [3.63, 3.8) is 0 Å². The van der Waals surface area contributed by atoms with Crippen molar-refractivity contribution in [1.29, 1.82) is 0 Å². The summed E-state index contributed by atoms with van der Waals surface area (Å²) < 4.78 is 0. The van der Waals surface area contributed by atoms with Gasteiger partial charge in [-0.25, -0.2) is 0 Å². The number of amides is 1. The van der Waals surface area contributed by atoms with Gasteiger partial charge in [-0.1, -0.05) is 30.3 Å². The molecule has 0 radical (unpaired) electrons. The summed E-state index contributed by atoms with van der Waals surface area (Å²) in [6, 6.07) is 7.03. The van der Waals surface area contributed by atoms with Crippen LogP contribution in [0.5, 0.6) is 0 Å². The molecule has 0 aliphatic carbocycles. The van der Waals surface area contributed by atoms with Gasteiger partial charge in [-0.3, -0.25) is 4.79 Å². The van der Waals surface area contributed by atoms with Gasteiger partial charge < -0.3 is 5.32 Å². The average molecular weight is 182 g/mol. The van der Waals surface area contributed by atoms with Gasteiger partial charge >= 0.3 is 0 Å². The number of carbonyl (C=O) groups is 1. The van der Waals surface area contributed by atoms with E-state index in [9.17, 15) is 4.79 Å². The largest absolute Gasteiger partial charge is 0.321 e. The van der Waals surface area contributed by atoms with Crippen LogP contribution in [-0.4, -0.2) is 5.91 Å². The van der Waals surface area contributed by atoms with Gasteiger partial charge in [0.25, 0.3) is 0 Å². The first-order valence-electron chi connectivity index (χ1n) is 3.42. The maximum atomic E-state index is 10.8. The molecule has 0 saturated heterocycles. The number of para-hydroxylation sites is 1. The van der Waals surface area contributed by atoms with Crippen molar-refractivity contribution in [2.75, 3.05) is 5.32 Å².